The summed E-state index contributed by atoms with van der Waals surface area (Å²) >= 11 is 0. The highest BCUT2D eigenvalue weighted by Crippen LogP contribution is 2.20. The van der Waals surface area contributed by atoms with Gasteiger partial charge in [-0.25, -0.2) is 0 Å². The van der Waals surface area contributed by atoms with Crippen LogP contribution in [0.5, 0.6) is 0 Å². The van der Waals surface area contributed by atoms with Crippen LogP contribution in [0.25, 0.3) is 10.9 Å². The number of nitrogens with two attached hydrogens (primary N) is 1. The molecular weight excluding hydrogens is 302 g/mol. The van der Waals surface area contributed by atoms with E-state index in [1.54, 1.807) is 12.3 Å². The highest BCUT2D eigenvalue weighted by atomic mass is 16.2. The van der Waals surface area contributed by atoms with Crippen LogP contribution in [0.4, 0.5) is 5.69 Å². The van der Waals surface area contributed by atoms with Crippen LogP contribution < -0.4 is 16.5 Å². The van der Waals surface area contributed by atoms with Crippen LogP contribution in [0, 0.1) is 0 Å². The fraction of sp³-hybridized carbons (Fsp3) is 0.474. The number of aromatic nitrogens is 1. The zero-order chi connectivity index (χ0) is 17.1. The third-order valence-corrected chi connectivity index (χ3v) is 4.92. The molecular formula is C19H25N3O2. The van der Waals surface area contributed by atoms with Gasteiger partial charge in [-0.15, -0.1) is 0 Å². The molecule has 0 spiro atoms. The Balaban J connectivity index is 1.99. The van der Waals surface area contributed by atoms with Gasteiger partial charge >= 0.3 is 0 Å². The molecule has 1 aliphatic carbocycles. The first-order chi connectivity index (χ1) is 11.6. The third kappa shape index (κ3) is 3.16. The van der Waals surface area contributed by atoms with Crippen LogP contribution >= 0.6 is 0 Å². The number of nitrogens with zero attached hydrogens (tertiary/aromatic N) is 1. The molecule has 1 saturated carbocycles. The fourth-order valence-electron chi connectivity index (χ4n) is 3.57. The number of carbonyl (C=O) groups is 1. The van der Waals surface area contributed by atoms with Gasteiger partial charge in [0.25, 0.3) is 5.91 Å². The number of fused-ring (bicyclic) bond motifs is 1. The molecule has 128 valence electrons. The molecule has 1 aromatic carbocycles. The molecule has 0 radical (unpaired) electrons. The first-order valence-electron chi connectivity index (χ1n) is 8.84. The zero-order valence-electron chi connectivity index (χ0n) is 14.2. The van der Waals surface area contributed by atoms with Gasteiger partial charge in [-0.05, 0) is 31.9 Å². The van der Waals surface area contributed by atoms with E-state index in [2.05, 4.69) is 5.32 Å². The van der Waals surface area contributed by atoms with Crippen LogP contribution in [0.15, 0.2) is 29.2 Å². The maximum absolute atomic E-state index is 12.8. The van der Waals surface area contributed by atoms with Gasteiger partial charge in [0.05, 0.1) is 10.9 Å². The molecule has 0 unspecified atom stereocenters. The van der Waals surface area contributed by atoms with Gasteiger partial charge in [-0.1, -0.05) is 31.7 Å². The number of rotatable bonds is 3. The maximum Gasteiger partial charge on any atom is 0.256 e. The highest BCUT2D eigenvalue weighted by Gasteiger charge is 2.20. The molecule has 0 saturated heterocycles. The summed E-state index contributed by atoms with van der Waals surface area (Å²) < 4.78 is 1.91. The molecule has 1 heterocycles. The molecule has 5 nitrogen and oxygen atoms in total. The van der Waals surface area contributed by atoms with Crippen molar-refractivity contribution in [3.8, 4) is 0 Å². The predicted octanol–water partition coefficient (Wildman–Crippen LogP) is 3.06. The molecule has 0 aliphatic heterocycles. The number of anilines is 1. The topological polar surface area (TPSA) is 77.1 Å². The zero-order valence-corrected chi connectivity index (χ0v) is 14.2. The van der Waals surface area contributed by atoms with E-state index in [-0.39, 0.29) is 22.9 Å². The number of benzene rings is 1. The summed E-state index contributed by atoms with van der Waals surface area (Å²) in [5.74, 6) is -0.278. The van der Waals surface area contributed by atoms with E-state index in [0.717, 1.165) is 31.2 Å². The van der Waals surface area contributed by atoms with Crippen molar-refractivity contribution in [3.63, 3.8) is 0 Å². The number of nitrogens with one attached hydrogen (secondary N) is 1. The lowest BCUT2D eigenvalue weighted by molar-refractivity contribution is 0.0931. The van der Waals surface area contributed by atoms with Crippen LogP contribution in [0.2, 0.25) is 0 Å². The van der Waals surface area contributed by atoms with Gasteiger partial charge in [0.1, 0.15) is 5.56 Å². The summed E-state index contributed by atoms with van der Waals surface area (Å²) in [6, 6.07) is 5.56. The summed E-state index contributed by atoms with van der Waals surface area (Å²) in [5.41, 5.74) is 7.11. The van der Waals surface area contributed by atoms with Crippen molar-refractivity contribution < 1.29 is 4.79 Å². The van der Waals surface area contributed by atoms with Crippen LogP contribution in [0.3, 0.4) is 0 Å². The fourth-order valence-corrected chi connectivity index (χ4v) is 3.57. The lowest BCUT2D eigenvalue weighted by Gasteiger charge is -2.17. The molecule has 24 heavy (non-hydrogen) atoms. The number of amides is 1. The quantitative estimate of drug-likeness (QED) is 0.672. The van der Waals surface area contributed by atoms with E-state index in [4.69, 9.17) is 5.73 Å². The van der Waals surface area contributed by atoms with Crippen molar-refractivity contribution in [2.75, 3.05) is 5.73 Å². The SMILES string of the molecule is CCn1cc(C(=O)NC2CCCCCC2)c(=O)c2c(N)cccc21. The second-order valence-electron chi connectivity index (χ2n) is 6.56. The highest BCUT2D eigenvalue weighted by molar-refractivity contribution is 6.00. The minimum absolute atomic E-state index is 0.165. The van der Waals surface area contributed by atoms with Crippen molar-refractivity contribution >= 4 is 22.5 Å². The molecule has 5 heteroatoms. The molecule has 3 N–H and O–H groups in total. The predicted molar refractivity (Wildman–Crippen MR) is 97.3 cm³/mol. The molecule has 0 bridgehead atoms. The Kier molecular flexibility index (Phi) is 4.88. The lowest BCUT2D eigenvalue weighted by Crippen LogP contribution is -2.37. The molecule has 3 rings (SSSR count). The monoisotopic (exact) mass is 327 g/mol. The van der Waals surface area contributed by atoms with Crippen molar-refractivity contribution in [1.29, 1.82) is 0 Å². The minimum Gasteiger partial charge on any atom is -0.398 e. The van der Waals surface area contributed by atoms with Gasteiger partial charge in [-0.3, -0.25) is 9.59 Å². The standard InChI is InChI=1S/C19H25N3O2/c1-2-22-12-14(18(23)17-15(20)10-7-11-16(17)22)19(24)21-13-8-5-3-4-6-9-13/h7,10-13H,2-6,8-9,20H2,1H3,(H,21,24). The average molecular weight is 327 g/mol. The largest absolute Gasteiger partial charge is 0.398 e. The minimum atomic E-state index is -0.279. The summed E-state index contributed by atoms with van der Waals surface area (Å²) in [4.78, 5) is 25.5. The first kappa shape index (κ1) is 16.6. The van der Waals surface area contributed by atoms with Gasteiger partial charge in [0.2, 0.25) is 5.43 Å². The van der Waals surface area contributed by atoms with Crippen molar-refractivity contribution in [1.82, 2.24) is 9.88 Å². The number of aryl methyl sites for hydroxylation is 1. The third-order valence-electron chi connectivity index (χ3n) is 4.92. The smallest absolute Gasteiger partial charge is 0.256 e. The lowest BCUT2D eigenvalue weighted by atomic mass is 10.1. The van der Waals surface area contributed by atoms with Gasteiger partial charge in [0.15, 0.2) is 0 Å². The number of hydrogen-bond donors (Lipinski definition) is 2. The van der Waals surface area contributed by atoms with E-state index in [9.17, 15) is 9.59 Å². The number of carbonyl (C=O) groups excluding carboxylic acids is 1. The van der Waals surface area contributed by atoms with Crippen LogP contribution in [-0.4, -0.2) is 16.5 Å². The van der Waals surface area contributed by atoms with E-state index in [1.165, 1.54) is 12.8 Å². The number of hydrogen-bond acceptors (Lipinski definition) is 3. The Morgan fingerprint density at radius 1 is 1.25 bits per heavy atom. The van der Waals surface area contributed by atoms with E-state index < -0.39 is 0 Å². The first-order valence-corrected chi connectivity index (χ1v) is 8.84. The Morgan fingerprint density at radius 3 is 2.62 bits per heavy atom. The molecule has 0 atom stereocenters. The molecule has 1 aromatic heterocycles. The molecule has 1 aliphatic rings. The Morgan fingerprint density at radius 2 is 1.96 bits per heavy atom. The van der Waals surface area contributed by atoms with Gasteiger partial charge < -0.3 is 15.6 Å². The second kappa shape index (κ2) is 7.07. The molecule has 1 amide bonds. The van der Waals surface area contributed by atoms with Gasteiger partial charge in [0, 0.05) is 24.5 Å². The van der Waals surface area contributed by atoms with Gasteiger partial charge in [-0.2, -0.15) is 0 Å². The average Bonchev–Trinajstić information content (AvgIpc) is 2.84. The van der Waals surface area contributed by atoms with Crippen molar-refractivity contribution in [2.45, 2.75) is 58.0 Å². The van der Waals surface area contributed by atoms with E-state index >= 15 is 0 Å². The van der Waals surface area contributed by atoms with Crippen molar-refractivity contribution in [3.05, 3.63) is 40.2 Å². The van der Waals surface area contributed by atoms with Crippen LogP contribution in [-0.2, 0) is 6.54 Å². The normalized spacial score (nSPS) is 16.0. The van der Waals surface area contributed by atoms with E-state index in [0.29, 0.717) is 17.6 Å². The Bertz CT molecular complexity index is 802. The summed E-state index contributed by atoms with van der Waals surface area (Å²) in [6.45, 7) is 2.66. The Labute approximate surface area is 141 Å². The summed E-state index contributed by atoms with van der Waals surface area (Å²) in [7, 11) is 0. The summed E-state index contributed by atoms with van der Waals surface area (Å²) in [6.07, 6.45) is 8.36. The number of pyridine rings is 1. The molecule has 1 fully saturated rings. The van der Waals surface area contributed by atoms with E-state index in [1.807, 2.05) is 23.6 Å². The molecule has 2 aromatic rings. The number of nitrogen functional groups attached to an aromatic ring is 1. The van der Waals surface area contributed by atoms with Crippen LogP contribution in [0.1, 0.15) is 55.8 Å². The maximum atomic E-state index is 12.8. The second-order valence-corrected chi connectivity index (χ2v) is 6.56. The summed E-state index contributed by atoms with van der Waals surface area (Å²) in [5, 5.41) is 3.50. The Hall–Kier alpha value is -2.30. The van der Waals surface area contributed by atoms with Crippen molar-refractivity contribution in [2.24, 2.45) is 0 Å².